The molecule has 6 bridgehead atoms. The second-order valence-corrected chi connectivity index (χ2v) is 21.6. The van der Waals surface area contributed by atoms with Crippen LogP contribution in [0.15, 0.2) is 0 Å². The first-order chi connectivity index (χ1) is 14.0. The summed E-state index contributed by atoms with van der Waals surface area (Å²) in [6.07, 6.45) is 18.7. The SMILES string of the molecule is CC12CC[C]([Cr]([C]34CCC(C)(CC3(C)C)C4)[C]34CCC(C)(CC3(C)C)C4)(C1)C(C)(C)C2. The van der Waals surface area contributed by atoms with Gasteiger partial charge in [-0.2, -0.15) is 0 Å². The van der Waals surface area contributed by atoms with Crippen molar-refractivity contribution in [2.45, 2.75) is 152 Å². The molecular formula is C30H51Cr. The molecule has 0 N–H and O–H groups in total. The van der Waals surface area contributed by atoms with Crippen LogP contribution in [0.4, 0.5) is 0 Å². The molecule has 6 unspecified atom stereocenters. The van der Waals surface area contributed by atoms with Gasteiger partial charge in [0.05, 0.1) is 0 Å². The molecule has 0 radical (unpaired) electrons. The standard InChI is InChI=1S/3C10H17.Cr/c3*1-9(2)7-10(3)5-4-8(9)6-10;/h3*4-7H2,1-3H3;. The molecule has 31 heavy (non-hydrogen) atoms. The van der Waals surface area contributed by atoms with Crippen LogP contribution in [0.2, 0.25) is 12.8 Å². The van der Waals surface area contributed by atoms with E-state index in [-0.39, 0.29) is 0 Å². The minimum absolute atomic E-state index is 0.559. The first-order valence-electron chi connectivity index (χ1n) is 13.7. The Bertz CT molecular complexity index is 728. The Hall–Kier alpha value is 0.532. The molecule has 6 atom stereocenters. The van der Waals surface area contributed by atoms with Crippen LogP contribution in [-0.4, -0.2) is 0 Å². The predicted octanol–water partition coefficient (Wildman–Crippen LogP) is 9.94. The first kappa shape index (κ1) is 22.0. The third-order valence-electron chi connectivity index (χ3n) is 13.0. The molecule has 6 aliphatic rings. The van der Waals surface area contributed by atoms with E-state index >= 15 is 0 Å². The summed E-state index contributed by atoms with van der Waals surface area (Å²) in [7, 11) is 0. The summed E-state index contributed by atoms with van der Waals surface area (Å²) in [4.78, 5) is 0. The van der Waals surface area contributed by atoms with Crippen LogP contribution >= 0.6 is 0 Å². The maximum absolute atomic E-state index is 2.76. The molecular weight excluding hydrogens is 412 g/mol. The van der Waals surface area contributed by atoms with E-state index in [2.05, 4.69) is 62.3 Å². The molecule has 0 aromatic heterocycles. The van der Waals surface area contributed by atoms with Gasteiger partial charge in [-0.25, -0.2) is 0 Å². The monoisotopic (exact) mass is 463 g/mol. The summed E-state index contributed by atoms with van der Waals surface area (Å²) in [5, 5.41) is 0. The summed E-state index contributed by atoms with van der Waals surface area (Å²) >= 11 is -0.968. The normalized spacial score (nSPS) is 57.5. The summed E-state index contributed by atoms with van der Waals surface area (Å²) in [6.45, 7) is 24.6. The number of hydrogen-bond acceptors (Lipinski definition) is 0. The van der Waals surface area contributed by atoms with Crippen LogP contribution in [-0.2, 0) is 14.1 Å². The van der Waals surface area contributed by atoms with Crippen molar-refractivity contribution < 1.29 is 14.1 Å². The quantitative estimate of drug-likeness (QED) is 0.390. The zero-order valence-corrected chi connectivity index (χ0v) is 23.7. The summed E-state index contributed by atoms with van der Waals surface area (Å²) in [5.41, 5.74) is 3.62. The Morgan fingerprint density at radius 3 is 0.774 bits per heavy atom. The molecule has 0 nitrogen and oxygen atoms in total. The van der Waals surface area contributed by atoms with E-state index in [1.54, 1.807) is 38.5 Å². The van der Waals surface area contributed by atoms with Crippen LogP contribution < -0.4 is 0 Å². The van der Waals surface area contributed by atoms with E-state index in [0.29, 0.717) is 45.3 Å². The fraction of sp³-hybridized carbons (Fsp3) is 1.00. The van der Waals surface area contributed by atoms with Gasteiger partial charge in [-0.3, -0.25) is 0 Å². The molecule has 0 aliphatic heterocycles. The van der Waals surface area contributed by atoms with Crippen molar-refractivity contribution in [1.29, 1.82) is 0 Å². The average molecular weight is 464 g/mol. The summed E-state index contributed by atoms with van der Waals surface area (Å²) in [6, 6.07) is 0. The second-order valence-electron chi connectivity index (χ2n) is 16.9. The van der Waals surface area contributed by atoms with Gasteiger partial charge in [0.2, 0.25) is 0 Å². The molecule has 0 spiro atoms. The van der Waals surface area contributed by atoms with E-state index < -0.39 is 14.1 Å². The van der Waals surface area contributed by atoms with Gasteiger partial charge in [-0.1, -0.05) is 0 Å². The molecule has 6 saturated carbocycles. The summed E-state index contributed by atoms with van der Waals surface area (Å²) in [5.74, 6) is 0. The fourth-order valence-corrected chi connectivity index (χ4v) is 22.6. The van der Waals surface area contributed by atoms with E-state index in [1.807, 2.05) is 0 Å². The molecule has 0 saturated heterocycles. The van der Waals surface area contributed by atoms with Crippen molar-refractivity contribution in [3.05, 3.63) is 0 Å². The van der Waals surface area contributed by atoms with Gasteiger partial charge in [0.15, 0.2) is 0 Å². The van der Waals surface area contributed by atoms with E-state index in [4.69, 9.17) is 0 Å². The molecule has 1 heteroatoms. The topological polar surface area (TPSA) is 0 Å². The van der Waals surface area contributed by atoms with Crippen molar-refractivity contribution in [2.24, 2.45) is 32.5 Å². The van der Waals surface area contributed by atoms with Gasteiger partial charge in [0, 0.05) is 0 Å². The number of hydrogen-bond donors (Lipinski definition) is 0. The Kier molecular flexibility index (Phi) is 3.91. The molecule has 6 aliphatic carbocycles. The van der Waals surface area contributed by atoms with Crippen LogP contribution in [0, 0.1) is 32.5 Å². The molecule has 6 rings (SSSR count). The van der Waals surface area contributed by atoms with Crippen molar-refractivity contribution in [1.82, 2.24) is 0 Å². The zero-order valence-electron chi connectivity index (χ0n) is 22.4. The Morgan fingerprint density at radius 1 is 0.355 bits per heavy atom. The average Bonchev–Trinajstić information content (AvgIpc) is 3.31. The molecule has 177 valence electrons. The van der Waals surface area contributed by atoms with Gasteiger partial charge in [0.25, 0.3) is 0 Å². The second kappa shape index (κ2) is 5.51. The van der Waals surface area contributed by atoms with Crippen molar-refractivity contribution in [3.8, 4) is 0 Å². The van der Waals surface area contributed by atoms with Crippen molar-refractivity contribution in [2.75, 3.05) is 0 Å². The van der Waals surface area contributed by atoms with Gasteiger partial charge in [-0.05, 0) is 0 Å². The molecule has 0 amide bonds. The third kappa shape index (κ3) is 2.36. The maximum atomic E-state index is 2.76. The zero-order chi connectivity index (χ0) is 22.6. The molecule has 0 aromatic carbocycles. The molecule has 6 fully saturated rings. The minimum atomic E-state index is -0.968. The predicted molar refractivity (Wildman–Crippen MR) is 129 cm³/mol. The Morgan fingerprint density at radius 2 is 0.613 bits per heavy atom. The third-order valence-corrected chi connectivity index (χ3v) is 20.9. The number of rotatable bonds is 3. The molecule has 0 heterocycles. The van der Waals surface area contributed by atoms with Crippen LogP contribution in [0.3, 0.4) is 0 Å². The van der Waals surface area contributed by atoms with Crippen molar-refractivity contribution >= 4 is 0 Å². The van der Waals surface area contributed by atoms with Crippen molar-refractivity contribution in [3.63, 3.8) is 0 Å². The van der Waals surface area contributed by atoms with Crippen LogP contribution in [0.5, 0.6) is 0 Å². The van der Waals surface area contributed by atoms with Gasteiger partial charge in [0.1, 0.15) is 0 Å². The fourth-order valence-electron chi connectivity index (χ4n) is 12.5. The molecule has 0 aromatic rings. The van der Waals surface area contributed by atoms with E-state index in [0.717, 1.165) is 0 Å². The van der Waals surface area contributed by atoms with Gasteiger partial charge >= 0.3 is 199 Å². The Labute approximate surface area is 198 Å². The van der Waals surface area contributed by atoms with Crippen LogP contribution in [0.25, 0.3) is 0 Å². The van der Waals surface area contributed by atoms with Crippen LogP contribution in [0.1, 0.15) is 139 Å². The summed E-state index contributed by atoms with van der Waals surface area (Å²) < 4.78 is 2.09. The van der Waals surface area contributed by atoms with E-state index in [1.165, 1.54) is 38.5 Å². The first-order valence-corrected chi connectivity index (χ1v) is 15.6. The Balaban J connectivity index is 1.62. The number of fused-ring (bicyclic) bond motifs is 6. The van der Waals surface area contributed by atoms with Gasteiger partial charge in [-0.15, -0.1) is 0 Å². The van der Waals surface area contributed by atoms with E-state index in [9.17, 15) is 0 Å². The van der Waals surface area contributed by atoms with Gasteiger partial charge < -0.3 is 0 Å².